The van der Waals surface area contributed by atoms with Crippen LogP contribution in [0.3, 0.4) is 0 Å². The third-order valence-corrected chi connectivity index (χ3v) is 3.50. The number of aromatic carboxylic acids is 1. The van der Waals surface area contributed by atoms with Gasteiger partial charge in [-0.15, -0.1) is 0 Å². The summed E-state index contributed by atoms with van der Waals surface area (Å²) in [7, 11) is 0. The second-order valence-electron chi connectivity index (χ2n) is 5.37. The van der Waals surface area contributed by atoms with Crippen LogP contribution in [-0.4, -0.2) is 30.1 Å². The topological polar surface area (TPSA) is 75.6 Å². The number of nitrogens with one attached hydrogen (secondary N) is 1. The molecule has 0 saturated heterocycles. The fraction of sp³-hybridized carbons (Fsp3) is 0.263. The molecule has 0 heterocycles. The Kier molecular flexibility index (Phi) is 6.83. The molecule has 0 aliphatic heterocycles. The van der Waals surface area contributed by atoms with Crippen LogP contribution in [-0.2, 0) is 11.2 Å². The molecule has 2 aromatic rings. The zero-order valence-electron chi connectivity index (χ0n) is 13.4. The molecule has 24 heavy (non-hydrogen) atoms. The van der Waals surface area contributed by atoms with Crippen molar-refractivity contribution in [2.24, 2.45) is 0 Å². The van der Waals surface area contributed by atoms with Crippen LogP contribution in [0.5, 0.6) is 5.75 Å². The number of amides is 1. The lowest BCUT2D eigenvalue weighted by Gasteiger charge is -2.07. The maximum Gasteiger partial charge on any atom is 0.335 e. The minimum absolute atomic E-state index is 0.0166. The van der Waals surface area contributed by atoms with E-state index in [9.17, 15) is 9.59 Å². The molecule has 0 unspecified atom stereocenters. The van der Waals surface area contributed by atoms with Gasteiger partial charge in [-0.2, -0.15) is 0 Å². The zero-order chi connectivity index (χ0) is 17.2. The highest BCUT2D eigenvalue weighted by Gasteiger charge is 2.04. The summed E-state index contributed by atoms with van der Waals surface area (Å²) >= 11 is 0. The van der Waals surface area contributed by atoms with E-state index in [1.165, 1.54) is 0 Å². The molecular formula is C19H21NO4. The molecule has 126 valence electrons. The summed E-state index contributed by atoms with van der Waals surface area (Å²) in [5.41, 5.74) is 1.20. The van der Waals surface area contributed by atoms with Gasteiger partial charge >= 0.3 is 5.97 Å². The highest BCUT2D eigenvalue weighted by atomic mass is 16.5. The second kappa shape index (κ2) is 9.35. The molecule has 0 aromatic heterocycles. The van der Waals surface area contributed by atoms with Crippen LogP contribution in [0.4, 0.5) is 0 Å². The average Bonchev–Trinajstić information content (AvgIpc) is 2.61. The summed E-state index contributed by atoms with van der Waals surface area (Å²) in [5.74, 6) is -0.136. The van der Waals surface area contributed by atoms with E-state index in [1.54, 1.807) is 24.3 Å². The van der Waals surface area contributed by atoms with Crippen molar-refractivity contribution in [1.29, 1.82) is 0 Å². The van der Waals surface area contributed by atoms with Gasteiger partial charge < -0.3 is 15.2 Å². The average molecular weight is 327 g/mol. The lowest BCUT2D eigenvalue weighted by molar-refractivity contribution is -0.121. The molecule has 0 saturated carbocycles. The quantitative estimate of drug-likeness (QED) is 0.694. The van der Waals surface area contributed by atoms with Gasteiger partial charge in [0, 0.05) is 13.0 Å². The normalized spacial score (nSPS) is 10.2. The van der Waals surface area contributed by atoms with Crippen molar-refractivity contribution in [3.8, 4) is 5.75 Å². The molecule has 0 fully saturated rings. The first-order chi connectivity index (χ1) is 11.6. The van der Waals surface area contributed by atoms with E-state index in [0.717, 1.165) is 17.7 Å². The number of carboxylic acids is 1. The Balaban J connectivity index is 1.59. The highest BCUT2D eigenvalue weighted by molar-refractivity contribution is 5.87. The summed E-state index contributed by atoms with van der Waals surface area (Å²) < 4.78 is 5.55. The fourth-order valence-electron chi connectivity index (χ4n) is 2.17. The third-order valence-electron chi connectivity index (χ3n) is 3.50. The van der Waals surface area contributed by atoms with Gasteiger partial charge in [-0.3, -0.25) is 4.79 Å². The Morgan fingerprint density at radius 1 is 1.00 bits per heavy atom. The maximum atomic E-state index is 11.8. The van der Waals surface area contributed by atoms with E-state index in [2.05, 4.69) is 5.32 Å². The number of hydrogen-bond donors (Lipinski definition) is 2. The van der Waals surface area contributed by atoms with Crippen LogP contribution < -0.4 is 10.1 Å². The first-order valence-electron chi connectivity index (χ1n) is 7.92. The van der Waals surface area contributed by atoms with E-state index in [1.807, 2.05) is 30.3 Å². The van der Waals surface area contributed by atoms with Crippen molar-refractivity contribution in [3.63, 3.8) is 0 Å². The number of benzene rings is 2. The third kappa shape index (κ3) is 6.12. The van der Waals surface area contributed by atoms with Crippen molar-refractivity contribution >= 4 is 11.9 Å². The molecule has 1 amide bonds. The van der Waals surface area contributed by atoms with Crippen molar-refractivity contribution in [2.75, 3.05) is 13.2 Å². The van der Waals surface area contributed by atoms with Gasteiger partial charge in [0.2, 0.25) is 5.91 Å². The van der Waals surface area contributed by atoms with Gasteiger partial charge in [0.25, 0.3) is 0 Å². The zero-order valence-corrected chi connectivity index (χ0v) is 13.4. The summed E-state index contributed by atoms with van der Waals surface area (Å²) in [4.78, 5) is 22.5. The first-order valence-corrected chi connectivity index (χ1v) is 7.92. The van der Waals surface area contributed by atoms with Crippen molar-refractivity contribution in [1.82, 2.24) is 5.32 Å². The molecule has 5 heteroatoms. The first kappa shape index (κ1) is 17.5. The molecule has 0 radical (unpaired) electrons. The number of ether oxygens (including phenoxy) is 1. The number of aryl methyl sites for hydroxylation is 1. The van der Waals surface area contributed by atoms with Gasteiger partial charge in [-0.25, -0.2) is 4.79 Å². The standard InChI is InChI=1S/C19H21NO4/c21-18(12-9-15-7-10-16(11-8-15)19(22)23)20-13-4-14-24-17-5-2-1-3-6-17/h1-3,5-8,10-11H,4,9,12-14H2,(H,20,21)(H,22,23). The van der Waals surface area contributed by atoms with Crippen molar-refractivity contribution in [2.45, 2.75) is 19.3 Å². The molecule has 0 aliphatic rings. The van der Waals surface area contributed by atoms with Crippen molar-refractivity contribution in [3.05, 3.63) is 65.7 Å². The molecule has 2 N–H and O–H groups in total. The number of carbonyl (C=O) groups is 2. The lowest BCUT2D eigenvalue weighted by Crippen LogP contribution is -2.25. The fourth-order valence-corrected chi connectivity index (χ4v) is 2.17. The maximum absolute atomic E-state index is 11.8. The van der Waals surface area contributed by atoms with Gasteiger partial charge in [-0.05, 0) is 42.7 Å². The number of carbonyl (C=O) groups excluding carboxylic acids is 1. The van der Waals surface area contributed by atoms with E-state index in [-0.39, 0.29) is 11.5 Å². The van der Waals surface area contributed by atoms with Gasteiger partial charge in [-0.1, -0.05) is 30.3 Å². The summed E-state index contributed by atoms with van der Waals surface area (Å²) in [6, 6.07) is 16.1. The van der Waals surface area contributed by atoms with Gasteiger partial charge in [0.15, 0.2) is 0 Å². The summed E-state index contributed by atoms with van der Waals surface area (Å²) in [6.07, 6.45) is 1.71. The highest BCUT2D eigenvalue weighted by Crippen LogP contribution is 2.08. The minimum atomic E-state index is -0.947. The van der Waals surface area contributed by atoms with Crippen LogP contribution in [0.15, 0.2) is 54.6 Å². The smallest absolute Gasteiger partial charge is 0.335 e. The molecule has 5 nitrogen and oxygen atoms in total. The minimum Gasteiger partial charge on any atom is -0.494 e. The monoisotopic (exact) mass is 327 g/mol. The summed E-state index contributed by atoms with van der Waals surface area (Å²) in [5, 5.41) is 11.7. The molecular weight excluding hydrogens is 306 g/mol. The number of rotatable bonds is 9. The Morgan fingerprint density at radius 3 is 2.38 bits per heavy atom. The number of hydrogen-bond acceptors (Lipinski definition) is 3. The molecule has 0 atom stereocenters. The predicted molar refractivity (Wildman–Crippen MR) is 91.3 cm³/mol. The number of para-hydroxylation sites is 1. The van der Waals surface area contributed by atoms with Crippen LogP contribution in [0.2, 0.25) is 0 Å². The Hall–Kier alpha value is -2.82. The summed E-state index contributed by atoms with van der Waals surface area (Å²) in [6.45, 7) is 1.13. The second-order valence-corrected chi connectivity index (χ2v) is 5.37. The molecule has 2 rings (SSSR count). The van der Waals surface area contributed by atoms with E-state index >= 15 is 0 Å². The van der Waals surface area contributed by atoms with E-state index in [0.29, 0.717) is 26.0 Å². The predicted octanol–water partition coefficient (Wildman–Crippen LogP) is 2.90. The van der Waals surface area contributed by atoms with Crippen LogP contribution >= 0.6 is 0 Å². The number of carboxylic acid groups (broad SMARTS) is 1. The van der Waals surface area contributed by atoms with Crippen LogP contribution in [0.1, 0.15) is 28.8 Å². The Bertz CT molecular complexity index is 653. The largest absolute Gasteiger partial charge is 0.494 e. The molecule has 0 spiro atoms. The van der Waals surface area contributed by atoms with Gasteiger partial charge in [0.1, 0.15) is 5.75 Å². The van der Waals surface area contributed by atoms with Crippen LogP contribution in [0.25, 0.3) is 0 Å². The van der Waals surface area contributed by atoms with E-state index in [4.69, 9.17) is 9.84 Å². The molecule has 0 aliphatic carbocycles. The van der Waals surface area contributed by atoms with Crippen molar-refractivity contribution < 1.29 is 19.4 Å². The van der Waals surface area contributed by atoms with Crippen LogP contribution in [0, 0.1) is 0 Å². The molecule has 0 bridgehead atoms. The van der Waals surface area contributed by atoms with E-state index < -0.39 is 5.97 Å². The molecule has 2 aromatic carbocycles. The lowest BCUT2D eigenvalue weighted by atomic mass is 10.1. The Labute approximate surface area is 141 Å². The Morgan fingerprint density at radius 2 is 1.71 bits per heavy atom. The van der Waals surface area contributed by atoms with Gasteiger partial charge in [0.05, 0.1) is 12.2 Å². The SMILES string of the molecule is O=C(CCc1ccc(C(=O)O)cc1)NCCCOc1ccccc1.